The van der Waals surface area contributed by atoms with Crippen LogP contribution < -0.4 is 10.1 Å². The second-order valence-electron chi connectivity index (χ2n) is 4.61. The van der Waals surface area contributed by atoms with E-state index < -0.39 is 0 Å². The van der Waals surface area contributed by atoms with Crippen molar-refractivity contribution in [2.24, 2.45) is 0 Å². The summed E-state index contributed by atoms with van der Waals surface area (Å²) in [6.45, 7) is 4.25. The molecule has 0 saturated heterocycles. The molecule has 1 aromatic carbocycles. The molecular formula is C15H16BrFN2O. The number of pyridine rings is 1. The average molecular weight is 339 g/mol. The summed E-state index contributed by atoms with van der Waals surface area (Å²) >= 11 is 3.24. The zero-order valence-corrected chi connectivity index (χ0v) is 12.9. The van der Waals surface area contributed by atoms with Crippen LogP contribution >= 0.6 is 15.9 Å². The van der Waals surface area contributed by atoms with E-state index in [1.807, 2.05) is 32.0 Å². The molecule has 0 saturated carbocycles. The van der Waals surface area contributed by atoms with Gasteiger partial charge >= 0.3 is 0 Å². The van der Waals surface area contributed by atoms with Crippen molar-refractivity contribution < 1.29 is 9.13 Å². The number of rotatable bonds is 5. The van der Waals surface area contributed by atoms with Crippen LogP contribution in [0.15, 0.2) is 41.0 Å². The number of nitrogens with zero attached hydrogens (tertiary/aromatic N) is 1. The lowest BCUT2D eigenvalue weighted by Crippen LogP contribution is -2.10. The van der Waals surface area contributed by atoms with E-state index in [9.17, 15) is 4.39 Å². The number of hydrogen-bond donors (Lipinski definition) is 1. The van der Waals surface area contributed by atoms with Crippen molar-refractivity contribution in [2.45, 2.75) is 26.5 Å². The molecule has 0 radical (unpaired) electrons. The van der Waals surface area contributed by atoms with Gasteiger partial charge in [-0.05, 0) is 38.1 Å². The number of aromatic nitrogens is 1. The molecule has 1 N–H and O–H groups in total. The van der Waals surface area contributed by atoms with Crippen molar-refractivity contribution in [2.75, 3.05) is 5.32 Å². The van der Waals surface area contributed by atoms with Crippen LogP contribution in [0.2, 0.25) is 0 Å². The van der Waals surface area contributed by atoms with Crippen LogP contribution in [0, 0.1) is 5.82 Å². The molecule has 2 aromatic rings. The molecule has 0 unspecified atom stereocenters. The fourth-order valence-electron chi connectivity index (χ4n) is 1.70. The highest BCUT2D eigenvalue weighted by Crippen LogP contribution is 2.23. The first-order valence-electron chi connectivity index (χ1n) is 6.35. The van der Waals surface area contributed by atoms with Crippen LogP contribution in [0.4, 0.5) is 10.1 Å². The Balaban J connectivity index is 2.10. The molecule has 0 aliphatic heterocycles. The normalized spacial score (nSPS) is 10.7. The third-order valence-electron chi connectivity index (χ3n) is 2.60. The van der Waals surface area contributed by atoms with Gasteiger partial charge in [0, 0.05) is 22.8 Å². The van der Waals surface area contributed by atoms with Gasteiger partial charge in [-0.15, -0.1) is 0 Å². The first kappa shape index (κ1) is 14.8. The monoisotopic (exact) mass is 338 g/mol. The summed E-state index contributed by atoms with van der Waals surface area (Å²) in [4.78, 5) is 4.18. The van der Waals surface area contributed by atoms with E-state index in [4.69, 9.17) is 4.74 Å². The van der Waals surface area contributed by atoms with E-state index in [1.165, 1.54) is 6.07 Å². The zero-order chi connectivity index (χ0) is 14.5. The van der Waals surface area contributed by atoms with Gasteiger partial charge in [-0.2, -0.15) is 0 Å². The second kappa shape index (κ2) is 6.70. The Bertz CT molecular complexity index is 590. The summed E-state index contributed by atoms with van der Waals surface area (Å²) in [5, 5.41) is 3.15. The largest absolute Gasteiger partial charge is 0.473 e. The highest BCUT2D eigenvalue weighted by atomic mass is 79.9. The summed E-state index contributed by atoms with van der Waals surface area (Å²) in [7, 11) is 0. The van der Waals surface area contributed by atoms with Crippen molar-refractivity contribution in [1.82, 2.24) is 4.98 Å². The second-order valence-corrected chi connectivity index (χ2v) is 5.53. The molecule has 0 fully saturated rings. The maximum absolute atomic E-state index is 13.7. The minimum Gasteiger partial charge on any atom is -0.473 e. The van der Waals surface area contributed by atoms with E-state index in [0.29, 0.717) is 18.0 Å². The van der Waals surface area contributed by atoms with Gasteiger partial charge in [0.05, 0.1) is 11.8 Å². The smallest absolute Gasteiger partial charge is 0.237 e. The fraction of sp³-hybridized carbons (Fsp3) is 0.267. The quantitative estimate of drug-likeness (QED) is 0.878. The van der Waals surface area contributed by atoms with Crippen LogP contribution in [-0.4, -0.2) is 11.1 Å². The summed E-state index contributed by atoms with van der Waals surface area (Å²) in [6.07, 6.45) is 1.71. The lowest BCUT2D eigenvalue weighted by Gasteiger charge is -2.14. The Morgan fingerprint density at radius 1 is 1.35 bits per heavy atom. The number of benzene rings is 1. The summed E-state index contributed by atoms with van der Waals surface area (Å²) in [6, 6.07) is 8.68. The highest BCUT2D eigenvalue weighted by Gasteiger charge is 2.08. The molecule has 0 aliphatic rings. The maximum atomic E-state index is 13.7. The predicted molar refractivity (Wildman–Crippen MR) is 81.4 cm³/mol. The highest BCUT2D eigenvalue weighted by molar-refractivity contribution is 9.10. The molecular weight excluding hydrogens is 323 g/mol. The molecule has 0 atom stereocenters. The van der Waals surface area contributed by atoms with Crippen molar-refractivity contribution in [1.29, 1.82) is 0 Å². The molecule has 0 amide bonds. The SMILES string of the molecule is CC(C)Oc1ncccc1NCc1ccc(Br)cc1F. The number of nitrogens with one attached hydrogen (secondary N) is 1. The molecule has 0 bridgehead atoms. The number of halogens is 2. The first-order chi connectivity index (χ1) is 9.56. The Hall–Kier alpha value is -1.62. The molecule has 2 rings (SSSR count). The van der Waals surface area contributed by atoms with Gasteiger partial charge in [0.25, 0.3) is 0 Å². The van der Waals surface area contributed by atoms with Crippen LogP contribution in [-0.2, 0) is 6.54 Å². The Morgan fingerprint density at radius 2 is 2.15 bits per heavy atom. The van der Waals surface area contributed by atoms with E-state index in [2.05, 4.69) is 26.2 Å². The molecule has 5 heteroatoms. The van der Waals surface area contributed by atoms with E-state index in [-0.39, 0.29) is 11.9 Å². The number of anilines is 1. The number of ether oxygens (including phenoxy) is 1. The summed E-state index contributed by atoms with van der Waals surface area (Å²) in [5.74, 6) is 0.280. The van der Waals surface area contributed by atoms with E-state index in [0.717, 1.165) is 10.2 Å². The van der Waals surface area contributed by atoms with E-state index in [1.54, 1.807) is 12.3 Å². The predicted octanol–water partition coefficient (Wildman–Crippen LogP) is 4.38. The van der Waals surface area contributed by atoms with Gasteiger partial charge in [0.1, 0.15) is 5.82 Å². The van der Waals surface area contributed by atoms with Crippen molar-refractivity contribution in [3.05, 3.63) is 52.4 Å². The Labute approximate surface area is 126 Å². The molecule has 1 heterocycles. The molecule has 1 aromatic heterocycles. The lowest BCUT2D eigenvalue weighted by molar-refractivity contribution is 0.234. The average Bonchev–Trinajstić information content (AvgIpc) is 2.39. The molecule has 20 heavy (non-hydrogen) atoms. The minimum atomic E-state index is -0.248. The zero-order valence-electron chi connectivity index (χ0n) is 11.4. The topological polar surface area (TPSA) is 34.1 Å². The maximum Gasteiger partial charge on any atom is 0.237 e. The molecule has 0 spiro atoms. The van der Waals surface area contributed by atoms with Crippen molar-refractivity contribution in [3.8, 4) is 5.88 Å². The van der Waals surface area contributed by atoms with Gasteiger partial charge in [-0.3, -0.25) is 0 Å². The van der Waals surface area contributed by atoms with Crippen LogP contribution in [0.5, 0.6) is 5.88 Å². The van der Waals surface area contributed by atoms with Gasteiger partial charge in [0.15, 0.2) is 0 Å². The molecule has 3 nitrogen and oxygen atoms in total. The van der Waals surface area contributed by atoms with Gasteiger partial charge in [0.2, 0.25) is 5.88 Å². The molecule has 106 valence electrons. The van der Waals surface area contributed by atoms with E-state index >= 15 is 0 Å². The molecule has 0 aliphatic carbocycles. The Kier molecular flexibility index (Phi) is 4.95. The summed E-state index contributed by atoms with van der Waals surface area (Å²) in [5.41, 5.74) is 1.34. The Morgan fingerprint density at radius 3 is 2.85 bits per heavy atom. The minimum absolute atomic E-state index is 0.0369. The standard InChI is InChI=1S/C15H16BrFN2O/c1-10(2)20-15-14(4-3-7-18-15)19-9-11-5-6-12(16)8-13(11)17/h3-8,10,19H,9H2,1-2H3. The van der Waals surface area contributed by atoms with Crippen molar-refractivity contribution in [3.63, 3.8) is 0 Å². The summed E-state index contributed by atoms with van der Waals surface area (Å²) < 4.78 is 20.1. The van der Waals surface area contributed by atoms with Gasteiger partial charge < -0.3 is 10.1 Å². The van der Waals surface area contributed by atoms with Crippen LogP contribution in [0.1, 0.15) is 19.4 Å². The van der Waals surface area contributed by atoms with Crippen LogP contribution in [0.3, 0.4) is 0 Å². The third kappa shape index (κ3) is 3.93. The number of hydrogen-bond acceptors (Lipinski definition) is 3. The third-order valence-corrected chi connectivity index (χ3v) is 3.10. The fourth-order valence-corrected chi connectivity index (χ4v) is 2.03. The van der Waals surface area contributed by atoms with Crippen LogP contribution in [0.25, 0.3) is 0 Å². The first-order valence-corrected chi connectivity index (χ1v) is 7.15. The van der Waals surface area contributed by atoms with Crippen molar-refractivity contribution >= 4 is 21.6 Å². The van der Waals surface area contributed by atoms with Gasteiger partial charge in [-0.25, -0.2) is 9.37 Å². The van der Waals surface area contributed by atoms with Gasteiger partial charge in [-0.1, -0.05) is 22.0 Å². The lowest BCUT2D eigenvalue weighted by atomic mass is 10.2.